The Bertz CT molecular complexity index is 1230. The lowest BCUT2D eigenvalue weighted by molar-refractivity contribution is -0.114. The Balaban J connectivity index is 1.64. The second-order valence-electron chi connectivity index (χ2n) is 6.15. The van der Waals surface area contributed by atoms with Crippen LogP contribution in [-0.2, 0) is 9.59 Å². The van der Waals surface area contributed by atoms with Crippen LogP contribution in [0, 0.1) is 0 Å². The van der Waals surface area contributed by atoms with Crippen molar-refractivity contribution in [3.63, 3.8) is 0 Å². The summed E-state index contributed by atoms with van der Waals surface area (Å²) in [4.78, 5) is 38.7. The van der Waals surface area contributed by atoms with Gasteiger partial charge in [0.1, 0.15) is 18.0 Å². The molecule has 4 aromatic rings. The van der Waals surface area contributed by atoms with Gasteiger partial charge in [-0.3, -0.25) is 9.59 Å². The molecular weight excluding hydrogens is 356 g/mol. The third-order valence-corrected chi connectivity index (χ3v) is 4.06. The number of ketones is 1. The lowest BCUT2D eigenvalue weighted by atomic mass is 10.2. The summed E-state index contributed by atoms with van der Waals surface area (Å²) in [5.74, 6) is 0.286. The molecule has 0 radical (unpaired) electrons. The molecule has 0 bridgehead atoms. The molecule has 8 heteroatoms. The van der Waals surface area contributed by atoms with Crippen molar-refractivity contribution in [3.05, 3.63) is 61.2 Å². The maximum absolute atomic E-state index is 11.9. The molecule has 138 valence electrons. The average molecular weight is 372 g/mol. The highest BCUT2D eigenvalue weighted by Gasteiger charge is 2.08. The minimum Gasteiger partial charge on any atom is -0.361 e. The van der Waals surface area contributed by atoms with Crippen molar-refractivity contribution in [2.45, 2.75) is 6.92 Å². The SMILES string of the molecule is CC(=O)C=CC(=O)Nc1cc2c(Nc3ccc4[nH]ccc4c3)ncnc2cn1. The summed E-state index contributed by atoms with van der Waals surface area (Å²) >= 11 is 0. The number of carbonyl (C=O) groups excluding carboxylic acids is 2. The van der Waals surface area contributed by atoms with E-state index in [1.807, 2.05) is 30.5 Å². The largest absolute Gasteiger partial charge is 0.361 e. The van der Waals surface area contributed by atoms with Gasteiger partial charge in [0.25, 0.3) is 0 Å². The number of benzene rings is 1. The number of nitrogens with one attached hydrogen (secondary N) is 3. The Hall–Kier alpha value is -4.07. The zero-order valence-electron chi connectivity index (χ0n) is 14.9. The van der Waals surface area contributed by atoms with Crippen LogP contribution in [0.2, 0.25) is 0 Å². The molecule has 1 aromatic carbocycles. The van der Waals surface area contributed by atoms with Crippen LogP contribution in [0.3, 0.4) is 0 Å². The predicted molar refractivity (Wildman–Crippen MR) is 107 cm³/mol. The molecule has 4 rings (SSSR count). The zero-order chi connectivity index (χ0) is 19.5. The van der Waals surface area contributed by atoms with Crippen LogP contribution in [-0.4, -0.2) is 31.6 Å². The summed E-state index contributed by atoms with van der Waals surface area (Å²) in [6, 6.07) is 9.62. The van der Waals surface area contributed by atoms with Crippen LogP contribution < -0.4 is 10.6 Å². The zero-order valence-corrected chi connectivity index (χ0v) is 14.9. The van der Waals surface area contributed by atoms with Gasteiger partial charge in [0, 0.05) is 34.2 Å². The van der Waals surface area contributed by atoms with Gasteiger partial charge in [-0.25, -0.2) is 15.0 Å². The molecular formula is C20H16N6O2. The van der Waals surface area contributed by atoms with Crippen molar-refractivity contribution in [1.29, 1.82) is 0 Å². The minimum atomic E-state index is -0.439. The molecule has 0 spiro atoms. The van der Waals surface area contributed by atoms with Gasteiger partial charge in [0.15, 0.2) is 5.78 Å². The highest BCUT2D eigenvalue weighted by molar-refractivity contribution is 6.04. The minimum absolute atomic E-state index is 0.208. The van der Waals surface area contributed by atoms with Crippen LogP contribution in [0.15, 0.2) is 61.2 Å². The Morgan fingerprint density at radius 2 is 1.96 bits per heavy atom. The van der Waals surface area contributed by atoms with Crippen LogP contribution in [0.25, 0.3) is 21.8 Å². The van der Waals surface area contributed by atoms with E-state index in [0.717, 1.165) is 16.6 Å². The second kappa shape index (κ2) is 7.28. The van der Waals surface area contributed by atoms with Crippen LogP contribution in [0.5, 0.6) is 0 Å². The van der Waals surface area contributed by atoms with Gasteiger partial charge in [0.2, 0.25) is 5.91 Å². The highest BCUT2D eigenvalue weighted by atomic mass is 16.1. The molecule has 0 aliphatic carbocycles. The first-order chi connectivity index (χ1) is 13.6. The summed E-state index contributed by atoms with van der Waals surface area (Å²) in [5.41, 5.74) is 2.56. The summed E-state index contributed by atoms with van der Waals surface area (Å²) in [7, 11) is 0. The first-order valence-electron chi connectivity index (χ1n) is 8.53. The molecule has 3 aromatic heterocycles. The van der Waals surface area contributed by atoms with Gasteiger partial charge in [-0.15, -0.1) is 0 Å². The molecule has 1 amide bonds. The quantitative estimate of drug-likeness (QED) is 0.463. The molecule has 0 aliphatic rings. The number of rotatable bonds is 5. The number of hydrogen-bond donors (Lipinski definition) is 3. The van der Waals surface area contributed by atoms with Gasteiger partial charge in [-0.2, -0.15) is 0 Å². The van der Waals surface area contributed by atoms with Crippen LogP contribution in [0.4, 0.5) is 17.3 Å². The molecule has 0 saturated carbocycles. The van der Waals surface area contributed by atoms with Gasteiger partial charge in [-0.05, 0) is 43.3 Å². The number of pyridine rings is 1. The van der Waals surface area contributed by atoms with E-state index < -0.39 is 5.91 Å². The Morgan fingerprint density at radius 1 is 1.07 bits per heavy atom. The molecule has 0 atom stereocenters. The molecule has 8 nitrogen and oxygen atoms in total. The first kappa shape index (κ1) is 17.3. The third-order valence-electron chi connectivity index (χ3n) is 4.06. The number of amides is 1. The van der Waals surface area contributed by atoms with Crippen molar-refractivity contribution in [2.24, 2.45) is 0 Å². The second-order valence-corrected chi connectivity index (χ2v) is 6.15. The maximum atomic E-state index is 11.9. The monoisotopic (exact) mass is 372 g/mol. The van der Waals surface area contributed by atoms with Crippen LogP contribution >= 0.6 is 0 Å². The number of aromatic amines is 1. The number of allylic oxidation sites excluding steroid dienone is 1. The number of H-pyrrole nitrogens is 1. The fourth-order valence-electron chi connectivity index (χ4n) is 2.76. The summed E-state index contributed by atoms with van der Waals surface area (Å²) in [6.07, 6.45) is 7.26. The van der Waals surface area contributed by atoms with Crippen molar-refractivity contribution in [2.75, 3.05) is 10.6 Å². The number of anilines is 3. The molecule has 3 heterocycles. The van der Waals surface area contributed by atoms with Crippen molar-refractivity contribution < 1.29 is 9.59 Å². The molecule has 0 saturated heterocycles. The van der Waals surface area contributed by atoms with E-state index in [9.17, 15) is 9.59 Å². The van der Waals surface area contributed by atoms with E-state index in [2.05, 4.69) is 30.6 Å². The van der Waals surface area contributed by atoms with Gasteiger partial charge in [-0.1, -0.05) is 0 Å². The molecule has 0 unspecified atom stereocenters. The van der Waals surface area contributed by atoms with Crippen LogP contribution in [0.1, 0.15) is 6.92 Å². The number of hydrogen-bond acceptors (Lipinski definition) is 6. The lowest BCUT2D eigenvalue weighted by Crippen LogP contribution is -2.10. The number of carbonyl (C=O) groups is 2. The van der Waals surface area contributed by atoms with E-state index >= 15 is 0 Å². The Labute approximate surface area is 159 Å². The number of aromatic nitrogens is 4. The Morgan fingerprint density at radius 3 is 2.82 bits per heavy atom. The van der Waals surface area contributed by atoms with E-state index in [1.54, 1.807) is 12.3 Å². The topological polar surface area (TPSA) is 113 Å². The summed E-state index contributed by atoms with van der Waals surface area (Å²) in [5, 5.41) is 7.69. The van der Waals surface area contributed by atoms with Gasteiger partial charge in [0.05, 0.1) is 11.7 Å². The normalized spacial score (nSPS) is 11.2. The molecule has 0 aliphatic heterocycles. The summed E-state index contributed by atoms with van der Waals surface area (Å²) in [6.45, 7) is 1.37. The number of nitrogens with zero attached hydrogens (tertiary/aromatic N) is 3. The predicted octanol–water partition coefficient (Wildman–Crippen LogP) is 3.33. The highest BCUT2D eigenvalue weighted by Crippen LogP contribution is 2.26. The van der Waals surface area contributed by atoms with E-state index in [1.165, 1.54) is 25.4 Å². The summed E-state index contributed by atoms with van der Waals surface area (Å²) < 4.78 is 0. The van der Waals surface area contributed by atoms with Gasteiger partial charge < -0.3 is 15.6 Å². The number of fused-ring (bicyclic) bond motifs is 2. The van der Waals surface area contributed by atoms with E-state index in [-0.39, 0.29) is 5.78 Å². The van der Waals surface area contributed by atoms with E-state index in [0.29, 0.717) is 22.5 Å². The standard InChI is InChI=1S/C20H16N6O2/c1-12(27)2-5-19(28)26-18-9-15-17(10-22-18)23-11-24-20(15)25-14-3-4-16-13(8-14)6-7-21-16/h2-11,21H,1H3,(H,22,26,28)(H,23,24,25). The smallest absolute Gasteiger partial charge is 0.249 e. The third kappa shape index (κ3) is 3.70. The van der Waals surface area contributed by atoms with Crippen molar-refractivity contribution in [3.8, 4) is 0 Å². The Kier molecular flexibility index (Phi) is 4.51. The van der Waals surface area contributed by atoms with Crippen molar-refractivity contribution >= 4 is 50.8 Å². The molecule has 0 fully saturated rings. The fourth-order valence-corrected chi connectivity index (χ4v) is 2.76. The first-order valence-corrected chi connectivity index (χ1v) is 8.53. The fraction of sp³-hybridized carbons (Fsp3) is 0.0500. The maximum Gasteiger partial charge on any atom is 0.249 e. The molecule has 3 N–H and O–H groups in total. The van der Waals surface area contributed by atoms with Gasteiger partial charge >= 0.3 is 0 Å². The van der Waals surface area contributed by atoms with E-state index in [4.69, 9.17) is 0 Å². The molecule has 28 heavy (non-hydrogen) atoms. The van der Waals surface area contributed by atoms with Crippen molar-refractivity contribution in [1.82, 2.24) is 19.9 Å². The average Bonchev–Trinajstić information content (AvgIpc) is 3.15. The lowest BCUT2D eigenvalue weighted by Gasteiger charge is -2.09.